The SMILES string of the molecule is C=C1NC(=O)C[C@@H]1c1c[nH]c2ccc(F)cc12.C=C1NC(=O)C[C@H]1c1c[nH]c2ccc(F)cc12.[2H]C1(c2c[nH]c3ccc(F)cc23)CC(=O)NC1=C.[2H][C@@]1(c2c[nH]c3ccc(F)cc23)CC(=O)NC1=C.[2H][C@]1(c2c[nH]c3ccc(F)cc23)CC(=O)NC1=C. The monoisotopic (exact) mass is 1150 g/mol. The van der Waals surface area contributed by atoms with Gasteiger partial charge in [-0.15, -0.1) is 0 Å². The number of hydrogen-bond donors (Lipinski definition) is 10. The van der Waals surface area contributed by atoms with Crippen LogP contribution in [0.4, 0.5) is 22.0 Å². The number of rotatable bonds is 5. The number of carbonyl (C=O) groups excluding carboxylic acids is 5. The summed E-state index contributed by atoms with van der Waals surface area (Å²) in [5, 5.41) is 16.5. The maximum Gasteiger partial charge on any atom is 0.225 e. The number of amides is 5. The van der Waals surface area contributed by atoms with Crippen molar-refractivity contribution < 1.29 is 50.0 Å². The first-order valence-electron chi connectivity index (χ1n) is 28.1. The molecule has 5 aromatic carbocycles. The molecular formula is C65H55F5N10O5. The molecule has 430 valence electrons. The molecule has 5 fully saturated rings. The second-order valence-electron chi connectivity index (χ2n) is 20.8. The lowest BCUT2D eigenvalue weighted by Gasteiger charge is -2.07. The van der Waals surface area contributed by atoms with E-state index in [9.17, 15) is 45.9 Å². The second-order valence-corrected chi connectivity index (χ2v) is 20.8. The van der Waals surface area contributed by atoms with Crippen molar-refractivity contribution in [2.75, 3.05) is 0 Å². The summed E-state index contributed by atoms with van der Waals surface area (Å²) in [5.41, 5.74) is 9.86. The van der Waals surface area contributed by atoms with Crippen LogP contribution in [0.5, 0.6) is 0 Å². The molecule has 0 bridgehead atoms. The highest BCUT2D eigenvalue weighted by atomic mass is 19.1. The smallest absolute Gasteiger partial charge is 0.225 e. The Morgan fingerprint density at radius 2 is 0.529 bits per heavy atom. The minimum Gasteiger partial charge on any atom is -0.361 e. The van der Waals surface area contributed by atoms with Gasteiger partial charge in [0.25, 0.3) is 0 Å². The van der Waals surface area contributed by atoms with Crippen LogP contribution in [0.15, 0.2) is 183 Å². The highest BCUT2D eigenvalue weighted by molar-refractivity contribution is 5.93. The van der Waals surface area contributed by atoms with Crippen LogP contribution in [0.25, 0.3) is 54.5 Å². The predicted molar refractivity (Wildman–Crippen MR) is 314 cm³/mol. The number of nitrogens with one attached hydrogen (secondary N) is 10. The number of benzene rings is 5. The molecule has 5 aliphatic heterocycles. The van der Waals surface area contributed by atoms with Crippen molar-refractivity contribution in [1.29, 1.82) is 0 Å². The highest BCUT2D eigenvalue weighted by Crippen LogP contribution is 2.40. The summed E-state index contributed by atoms with van der Waals surface area (Å²) < 4.78 is 91.6. The first-order chi connectivity index (χ1) is 41.8. The molecule has 0 aliphatic carbocycles. The molecule has 0 spiro atoms. The number of aromatic nitrogens is 5. The molecule has 1 unspecified atom stereocenters. The molecule has 5 aromatic heterocycles. The molecule has 0 saturated carbocycles. The van der Waals surface area contributed by atoms with E-state index < -0.39 is 17.7 Å². The predicted octanol–water partition coefficient (Wildman–Crippen LogP) is 12.1. The van der Waals surface area contributed by atoms with Crippen LogP contribution < -0.4 is 26.6 Å². The van der Waals surface area contributed by atoms with E-state index >= 15 is 0 Å². The molecule has 5 atom stereocenters. The van der Waals surface area contributed by atoms with E-state index in [4.69, 9.17) is 4.11 Å². The van der Waals surface area contributed by atoms with Gasteiger partial charge in [0.15, 0.2) is 0 Å². The van der Waals surface area contributed by atoms with E-state index in [2.05, 4.69) is 84.4 Å². The van der Waals surface area contributed by atoms with Crippen molar-refractivity contribution in [3.8, 4) is 0 Å². The standard InChI is InChI=1S/5C13H11FN2O/c5*1-7-9(5-13(17)16-7)11-6-15-12-3-2-8(14)4-10(11)12/h5*2-4,6,9,15H,1,5H2,(H,16,17)/t4*9-;/m1100./s1/i9D;;9D;;9D. The van der Waals surface area contributed by atoms with Crippen LogP contribution in [0.2, 0.25) is 0 Å². The van der Waals surface area contributed by atoms with Gasteiger partial charge in [-0.1, -0.05) is 32.9 Å². The number of aromatic amines is 5. The quantitative estimate of drug-likeness (QED) is 0.0757. The molecule has 0 radical (unpaired) electrons. The molecule has 15 nitrogen and oxygen atoms in total. The minimum atomic E-state index is -1.23. The lowest BCUT2D eigenvalue weighted by Crippen LogP contribution is -2.11. The lowest BCUT2D eigenvalue weighted by atomic mass is 9.95. The van der Waals surface area contributed by atoms with Gasteiger partial charge in [-0.25, -0.2) is 22.0 Å². The molecule has 10 heterocycles. The maximum absolute atomic E-state index is 13.3. The Labute approximate surface area is 485 Å². The number of H-pyrrole nitrogens is 5. The third-order valence-electron chi connectivity index (χ3n) is 15.2. The average molecular weight is 1150 g/mol. The largest absolute Gasteiger partial charge is 0.361 e. The Balaban J connectivity index is 0.000000114. The van der Waals surface area contributed by atoms with E-state index in [0.29, 0.717) is 74.2 Å². The van der Waals surface area contributed by atoms with Gasteiger partial charge in [0.2, 0.25) is 29.5 Å². The second kappa shape index (κ2) is 23.0. The van der Waals surface area contributed by atoms with E-state index in [-0.39, 0.29) is 89.7 Å². The van der Waals surface area contributed by atoms with Crippen molar-refractivity contribution in [3.63, 3.8) is 0 Å². The Bertz CT molecular complexity index is 4250. The fourth-order valence-electron chi connectivity index (χ4n) is 11.1. The van der Waals surface area contributed by atoms with Crippen LogP contribution in [-0.4, -0.2) is 54.5 Å². The average Bonchev–Trinajstić information content (AvgIpc) is 2.11. The first kappa shape index (κ1) is 52.6. The Morgan fingerprint density at radius 3 is 0.741 bits per heavy atom. The van der Waals surface area contributed by atoms with Gasteiger partial charge in [-0.3, -0.25) is 24.0 Å². The third-order valence-corrected chi connectivity index (χ3v) is 15.2. The topological polar surface area (TPSA) is 224 Å². The van der Waals surface area contributed by atoms with Gasteiger partial charge >= 0.3 is 0 Å². The van der Waals surface area contributed by atoms with Crippen LogP contribution in [0.1, 0.15) is 93.6 Å². The summed E-state index contributed by atoms with van der Waals surface area (Å²) in [6, 6.07) is 22.2. The number of halogens is 5. The van der Waals surface area contributed by atoms with Crippen molar-refractivity contribution in [1.82, 2.24) is 51.5 Å². The zero-order valence-corrected chi connectivity index (χ0v) is 45.2. The first-order valence-corrected chi connectivity index (χ1v) is 26.6. The molecule has 15 rings (SSSR count). The summed E-state index contributed by atoms with van der Waals surface area (Å²) in [7, 11) is 0. The highest BCUT2D eigenvalue weighted by Gasteiger charge is 2.33. The fourth-order valence-corrected chi connectivity index (χ4v) is 11.1. The molecule has 5 amide bonds. The number of allylic oxidation sites excluding steroid dienone is 5. The van der Waals surface area contributed by atoms with Crippen LogP contribution in [0.3, 0.4) is 0 Å². The van der Waals surface area contributed by atoms with Gasteiger partial charge in [0.05, 0.1) is 0 Å². The third kappa shape index (κ3) is 11.7. The summed E-state index contributed by atoms with van der Waals surface area (Å²) in [5.74, 6) is -6.27. The minimum absolute atomic E-state index is 0.00923. The van der Waals surface area contributed by atoms with Crippen molar-refractivity contribution in [3.05, 3.63) is 240 Å². The van der Waals surface area contributed by atoms with E-state index in [1.807, 2.05) is 12.4 Å². The summed E-state index contributed by atoms with van der Waals surface area (Å²) in [6.07, 6.45) is 9.35. The van der Waals surface area contributed by atoms with Gasteiger partial charge in [0, 0.05) is 180 Å². The molecule has 10 aromatic rings. The molecule has 10 N–H and O–H groups in total. The van der Waals surface area contributed by atoms with Crippen LogP contribution in [-0.2, 0) is 24.0 Å². The van der Waals surface area contributed by atoms with E-state index in [1.54, 1.807) is 48.9 Å². The number of hydrogen-bond acceptors (Lipinski definition) is 5. The number of fused-ring (bicyclic) bond motifs is 5. The fraction of sp³-hybridized carbons (Fsp3) is 0.154. The van der Waals surface area contributed by atoms with Crippen LogP contribution >= 0.6 is 0 Å². The zero-order valence-electron chi connectivity index (χ0n) is 48.2. The summed E-state index contributed by atoms with van der Waals surface area (Å²) >= 11 is 0. The number of carbonyl (C=O) groups is 5. The van der Waals surface area contributed by atoms with Gasteiger partial charge in [-0.05, 0) is 119 Å². The Kier molecular flexibility index (Phi) is 14.2. The maximum atomic E-state index is 13.3. The van der Waals surface area contributed by atoms with Crippen molar-refractivity contribution in [2.24, 2.45) is 0 Å². The van der Waals surface area contributed by atoms with E-state index in [1.165, 1.54) is 60.7 Å². The summed E-state index contributed by atoms with van der Waals surface area (Å²) in [6.45, 7) is 18.8. The van der Waals surface area contributed by atoms with E-state index in [0.717, 1.165) is 49.5 Å². The van der Waals surface area contributed by atoms with Gasteiger partial charge in [0.1, 0.15) is 29.1 Å². The van der Waals surface area contributed by atoms with Crippen LogP contribution in [0, 0.1) is 29.1 Å². The lowest BCUT2D eigenvalue weighted by molar-refractivity contribution is -0.119. The van der Waals surface area contributed by atoms with Gasteiger partial charge < -0.3 is 51.5 Å². The molecule has 20 heteroatoms. The van der Waals surface area contributed by atoms with Crippen molar-refractivity contribution in [2.45, 2.75) is 61.6 Å². The molecule has 85 heavy (non-hydrogen) atoms. The molecule has 5 aliphatic rings. The molecular weight excluding hydrogens is 1100 g/mol. The Hall–Kier alpha value is -10.5. The zero-order chi connectivity index (χ0) is 62.7. The van der Waals surface area contributed by atoms with Crippen molar-refractivity contribution >= 4 is 84.1 Å². The summed E-state index contributed by atoms with van der Waals surface area (Å²) in [4.78, 5) is 71.9. The molecule has 5 saturated heterocycles. The Morgan fingerprint density at radius 1 is 0.318 bits per heavy atom. The van der Waals surface area contributed by atoms with Gasteiger partial charge in [-0.2, -0.15) is 0 Å². The normalized spacial score (nSPS) is 23.0.